The maximum Gasteiger partial charge on any atom is 0.174 e. The van der Waals surface area contributed by atoms with Crippen molar-refractivity contribution in [3.63, 3.8) is 0 Å². The van der Waals surface area contributed by atoms with Crippen molar-refractivity contribution in [2.24, 2.45) is 0 Å². The molecule has 1 aromatic carbocycles. The molecule has 0 aliphatic rings. The third-order valence-corrected chi connectivity index (χ3v) is 2.98. The molecule has 0 radical (unpaired) electrons. The van der Waals surface area contributed by atoms with Crippen LogP contribution in [0.5, 0.6) is 5.75 Å². The summed E-state index contributed by atoms with van der Waals surface area (Å²) in [6, 6.07) is 10.1. The van der Waals surface area contributed by atoms with E-state index in [-0.39, 0.29) is 6.61 Å². The second-order valence-electron chi connectivity index (χ2n) is 4.55. The fourth-order valence-corrected chi connectivity index (χ4v) is 1.73. The van der Waals surface area contributed by atoms with E-state index >= 15 is 0 Å². The maximum atomic E-state index is 8.59. The predicted octanol–water partition coefficient (Wildman–Crippen LogP) is 3.38. The normalized spacial score (nSPS) is 12.8. The van der Waals surface area contributed by atoms with Crippen molar-refractivity contribution in [1.82, 2.24) is 5.32 Å². The summed E-state index contributed by atoms with van der Waals surface area (Å²) in [5, 5.41) is 12.0. The van der Waals surface area contributed by atoms with Crippen molar-refractivity contribution in [2.75, 3.05) is 13.2 Å². The summed E-state index contributed by atoms with van der Waals surface area (Å²) in [6.07, 6.45) is 3.24. The molecule has 0 saturated heterocycles. The Morgan fingerprint density at radius 2 is 2.21 bits per heavy atom. The average Bonchev–Trinajstić information content (AvgIpc) is 2.43. The quantitative estimate of drug-likeness (QED) is 0.815. The van der Waals surface area contributed by atoms with Crippen molar-refractivity contribution in [3.05, 3.63) is 35.4 Å². The number of rotatable bonds is 7. The van der Waals surface area contributed by atoms with Gasteiger partial charge in [0.1, 0.15) is 11.8 Å². The van der Waals surface area contributed by atoms with Crippen LogP contribution in [-0.2, 0) is 0 Å². The predicted molar refractivity (Wildman–Crippen MR) is 79.0 cm³/mol. The SMILES string of the molecule is CCCNC(C)/C(C)=C/c1ccccc1OCC#N. The van der Waals surface area contributed by atoms with Crippen molar-refractivity contribution >= 4 is 6.08 Å². The van der Waals surface area contributed by atoms with E-state index < -0.39 is 0 Å². The molecule has 1 atom stereocenters. The Kier molecular flexibility index (Phi) is 6.70. The smallest absolute Gasteiger partial charge is 0.174 e. The van der Waals surface area contributed by atoms with Gasteiger partial charge in [-0.25, -0.2) is 0 Å². The molecule has 0 heterocycles. The molecular weight excluding hydrogens is 236 g/mol. The highest BCUT2D eigenvalue weighted by Gasteiger charge is 2.05. The first-order valence-corrected chi connectivity index (χ1v) is 6.69. The number of hydrogen-bond acceptors (Lipinski definition) is 3. The molecule has 0 aliphatic carbocycles. The largest absolute Gasteiger partial charge is 0.478 e. The van der Waals surface area contributed by atoms with E-state index in [0.29, 0.717) is 6.04 Å². The Bertz CT molecular complexity index is 460. The summed E-state index contributed by atoms with van der Waals surface area (Å²) in [4.78, 5) is 0. The molecule has 1 unspecified atom stereocenters. The zero-order valence-electron chi connectivity index (χ0n) is 11.9. The average molecular weight is 258 g/mol. The lowest BCUT2D eigenvalue weighted by molar-refractivity contribution is 0.367. The van der Waals surface area contributed by atoms with Crippen molar-refractivity contribution in [2.45, 2.75) is 33.2 Å². The number of hydrogen-bond donors (Lipinski definition) is 1. The van der Waals surface area contributed by atoms with Crippen LogP contribution in [-0.4, -0.2) is 19.2 Å². The summed E-state index contributed by atoms with van der Waals surface area (Å²) in [7, 11) is 0. The zero-order valence-corrected chi connectivity index (χ0v) is 11.9. The number of ether oxygens (including phenoxy) is 1. The Labute approximate surface area is 115 Å². The third kappa shape index (κ3) is 5.15. The van der Waals surface area contributed by atoms with E-state index in [0.717, 1.165) is 24.3 Å². The summed E-state index contributed by atoms with van der Waals surface area (Å²) < 4.78 is 5.42. The summed E-state index contributed by atoms with van der Waals surface area (Å²) in [5.41, 5.74) is 2.27. The molecule has 1 rings (SSSR count). The number of benzene rings is 1. The summed E-state index contributed by atoms with van der Waals surface area (Å²) >= 11 is 0. The van der Waals surface area contributed by atoms with E-state index in [1.165, 1.54) is 5.57 Å². The van der Waals surface area contributed by atoms with E-state index in [9.17, 15) is 0 Å². The second-order valence-corrected chi connectivity index (χ2v) is 4.55. The van der Waals surface area contributed by atoms with Gasteiger partial charge in [-0.15, -0.1) is 0 Å². The number of nitrogens with one attached hydrogen (secondary N) is 1. The first-order valence-electron chi connectivity index (χ1n) is 6.69. The Balaban J connectivity index is 2.82. The van der Waals surface area contributed by atoms with Crippen LogP contribution in [0, 0.1) is 11.3 Å². The highest BCUT2D eigenvalue weighted by atomic mass is 16.5. The van der Waals surface area contributed by atoms with Gasteiger partial charge in [0.2, 0.25) is 0 Å². The topological polar surface area (TPSA) is 45.0 Å². The molecule has 102 valence electrons. The van der Waals surface area contributed by atoms with Crippen molar-refractivity contribution < 1.29 is 4.74 Å². The number of nitrogens with zero attached hydrogens (tertiary/aromatic N) is 1. The molecule has 1 N–H and O–H groups in total. The van der Waals surface area contributed by atoms with Crippen LogP contribution >= 0.6 is 0 Å². The maximum absolute atomic E-state index is 8.59. The molecule has 0 spiro atoms. The Hall–Kier alpha value is -1.79. The van der Waals surface area contributed by atoms with Crippen LogP contribution in [0.3, 0.4) is 0 Å². The number of nitriles is 1. The van der Waals surface area contributed by atoms with Gasteiger partial charge in [0, 0.05) is 11.6 Å². The molecule has 3 nitrogen and oxygen atoms in total. The van der Waals surface area contributed by atoms with Gasteiger partial charge in [0.15, 0.2) is 6.61 Å². The van der Waals surface area contributed by atoms with Crippen molar-refractivity contribution in [1.29, 1.82) is 5.26 Å². The van der Waals surface area contributed by atoms with Crippen LogP contribution in [0.2, 0.25) is 0 Å². The molecule has 0 bridgehead atoms. The molecular formula is C16H22N2O. The highest BCUT2D eigenvalue weighted by Crippen LogP contribution is 2.21. The lowest BCUT2D eigenvalue weighted by Gasteiger charge is -2.15. The third-order valence-electron chi connectivity index (χ3n) is 2.98. The van der Waals surface area contributed by atoms with Gasteiger partial charge in [-0.05, 0) is 32.9 Å². The minimum absolute atomic E-state index is 0.0769. The van der Waals surface area contributed by atoms with Crippen LogP contribution in [0.25, 0.3) is 6.08 Å². The fourth-order valence-electron chi connectivity index (χ4n) is 1.73. The van der Waals surface area contributed by atoms with Gasteiger partial charge in [-0.3, -0.25) is 0 Å². The summed E-state index contributed by atoms with van der Waals surface area (Å²) in [6.45, 7) is 7.50. The van der Waals surface area contributed by atoms with Gasteiger partial charge in [0.05, 0.1) is 0 Å². The molecule has 3 heteroatoms. The molecule has 0 saturated carbocycles. The van der Waals surface area contributed by atoms with Gasteiger partial charge in [-0.2, -0.15) is 5.26 Å². The molecule has 0 amide bonds. The Morgan fingerprint density at radius 3 is 2.89 bits per heavy atom. The first-order chi connectivity index (χ1) is 9.19. The molecule has 0 aromatic heterocycles. The van der Waals surface area contributed by atoms with Crippen molar-refractivity contribution in [3.8, 4) is 11.8 Å². The minimum atomic E-state index is 0.0769. The van der Waals surface area contributed by atoms with Crippen LogP contribution in [0.15, 0.2) is 29.8 Å². The summed E-state index contributed by atoms with van der Waals surface area (Å²) in [5.74, 6) is 0.756. The second kappa shape index (κ2) is 8.34. The van der Waals surface area contributed by atoms with E-state index in [1.54, 1.807) is 0 Å². The monoisotopic (exact) mass is 258 g/mol. The van der Waals surface area contributed by atoms with Gasteiger partial charge < -0.3 is 10.1 Å². The van der Waals surface area contributed by atoms with Crippen LogP contribution in [0.1, 0.15) is 32.8 Å². The highest BCUT2D eigenvalue weighted by molar-refractivity contribution is 5.60. The van der Waals surface area contributed by atoms with Gasteiger partial charge in [-0.1, -0.05) is 36.8 Å². The molecule has 0 fully saturated rings. The number of para-hydroxylation sites is 1. The van der Waals surface area contributed by atoms with Crippen LogP contribution < -0.4 is 10.1 Å². The molecule has 1 aromatic rings. The first kappa shape index (κ1) is 15.3. The minimum Gasteiger partial charge on any atom is -0.478 e. The fraction of sp³-hybridized carbons (Fsp3) is 0.438. The molecule has 0 aliphatic heterocycles. The lowest BCUT2D eigenvalue weighted by atomic mass is 10.1. The van der Waals surface area contributed by atoms with Gasteiger partial charge >= 0.3 is 0 Å². The zero-order chi connectivity index (χ0) is 14.1. The van der Waals surface area contributed by atoms with E-state index in [4.69, 9.17) is 10.00 Å². The van der Waals surface area contributed by atoms with Crippen LogP contribution in [0.4, 0.5) is 0 Å². The van der Waals surface area contributed by atoms with E-state index in [1.807, 2.05) is 30.3 Å². The lowest BCUT2D eigenvalue weighted by Crippen LogP contribution is -2.27. The van der Waals surface area contributed by atoms with E-state index in [2.05, 4.69) is 32.2 Å². The van der Waals surface area contributed by atoms with Gasteiger partial charge in [0.25, 0.3) is 0 Å². The Morgan fingerprint density at radius 1 is 1.47 bits per heavy atom. The molecule has 19 heavy (non-hydrogen) atoms. The standard InChI is InChI=1S/C16H22N2O/c1-4-10-18-14(3)13(2)12-15-7-5-6-8-16(15)19-11-9-17/h5-8,12,14,18H,4,10-11H2,1-3H3/b13-12+.